The van der Waals surface area contributed by atoms with Crippen LogP contribution in [0, 0.1) is 18.8 Å². The Hall–Kier alpha value is -0.430. The second-order valence-electron chi connectivity index (χ2n) is 5.62. The van der Waals surface area contributed by atoms with Gasteiger partial charge in [0.1, 0.15) is 4.90 Å². The van der Waals surface area contributed by atoms with E-state index in [1.54, 1.807) is 0 Å². The van der Waals surface area contributed by atoms with E-state index in [1.165, 1.54) is 24.2 Å². The van der Waals surface area contributed by atoms with Crippen molar-refractivity contribution in [2.45, 2.75) is 45.1 Å². The zero-order chi connectivity index (χ0) is 14.8. The van der Waals surface area contributed by atoms with Crippen molar-refractivity contribution in [3.8, 4) is 0 Å². The molecule has 0 spiro atoms. The molecule has 0 saturated heterocycles. The molecule has 1 aliphatic carbocycles. The van der Waals surface area contributed by atoms with Gasteiger partial charge in [0, 0.05) is 18.0 Å². The first-order valence-corrected chi connectivity index (χ1v) is 9.59. The molecule has 4 nitrogen and oxygen atoms in total. The quantitative estimate of drug-likeness (QED) is 0.775. The lowest BCUT2D eigenvalue weighted by Crippen LogP contribution is -2.30. The number of nitrogens with one attached hydrogen (secondary N) is 2. The summed E-state index contributed by atoms with van der Waals surface area (Å²) in [5, 5.41) is 5.12. The molecule has 1 atom stereocenters. The van der Waals surface area contributed by atoms with Crippen LogP contribution >= 0.6 is 11.3 Å². The van der Waals surface area contributed by atoms with Gasteiger partial charge in [-0.3, -0.25) is 0 Å². The van der Waals surface area contributed by atoms with Crippen molar-refractivity contribution in [1.29, 1.82) is 0 Å². The molecular formula is C14H24N2O2S2. The molecule has 1 saturated carbocycles. The monoisotopic (exact) mass is 316 g/mol. The summed E-state index contributed by atoms with van der Waals surface area (Å²) in [5.74, 6) is 1.14. The molecule has 1 fully saturated rings. The van der Waals surface area contributed by atoms with Crippen LogP contribution in [0.3, 0.4) is 0 Å². The Morgan fingerprint density at radius 3 is 2.75 bits per heavy atom. The highest BCUT2D eigenvalue weighted by atomic mass is 32.2. The first-order chi connectivity index (χ1) is 9.45. The predicted octanol–water partition coefficient (Wildman–Crippen LogP) is 2.49. The van der Waals surface area contributed by atoms with Gasteiger partial charge in [0.15, 0.2) is 0 Å². The van der Waals surface area contributed by atoms with Crippen LogP contribution < -0.4 is 10.0 Å². The second kappa shape index (κ2) is 6.56. The lowest BCUT2D eigenvalue weighted by atomic mass is 10.1. The molecule has 0 aromatic carbocycles. The summed E-state index contributed by atoms with van der Waals surface area (Å²) in [6.07, 6.45) is 2.48. The molecule has 6 heteroatoms. The third kappa shape index (κ3) is 3.81. The summed E-state index contributed by atoms with van der Waals surface area (Å²) in [7, 11) is -3.39. The summed E-state index contributed by atoms with van der Waals surface area (Å²) in [6.45, 7) is 8.00. The summed E-state index contributed by atoms with van der Waals surface area (Å²) in [6, 6.07) is 0. The fourth-order valence-corrected chi connectivity index (χ4v) is 5.27. The van der Waals surface area contributed by atoms with E-state index >= 15 is 0 Å². The Morgan fingerprint density at radius 1 is 1.45 bits per heavy atom. The molecule has 0 aliphatic heterocycles. The molecule has 20 heavy (non-hydrogen) atoms. The van der Waals surface area contributed by atoms with E-state index in [9.17, 15) is 8.42 Å². The fourth-order valence-electron chi connectivity index (χ4n) is 2.35. The van der Waals surface area contributed by atoms with Crippen molar-refractivity contribution in [3.63, 3.8) is 0 Å². The Bertz CT molecular complexity index is 548. The first-order valence-electron chi connectivity index (χ1n) is 7.23. The fraction of sp³-hybridized carbons (Fsp3) is 0.714. The molecule has 114 valence electrons. The van der Waals surface area contributed by atoms with Crippen LogP contribution in [0.5, 0.6) is 0 Å². The van der Waals surface area contributed by atoms with Gasteiger partial charge in [0.25, 0.3) is 0 Å². The maximum absolute atomic E-state index is 12.5. The average Bonchev–Trinajstić information content (AvgIpc) is 3.17. The van der Waals surface area contributed by atoms with Gasteiger partial charge >= 0.3 is 0 Å². The van der Waals surface area contributed by atoms with E-state index in [0.29, 0.717) is 29.8 Å². The number of rotatable bonds is 8. The van der Waals surface area contributed by atoms with Crippen LogP contribution in [0.2, 0.25) is 0 Å². The molecule has 0 bridgehead atoms. The zero-order valence-corrected chi connectivity index (χ0v) is 14.0. The smallest absolute Gasteiger partial charge is 0.241 e. The van der Waals surface area contributed by atoms with Crippen LogP contribution in [-0.2, 0) is 16.6 Å². The van der Waals surface area contributed by atoms with Crippen molar-refractivity contribution in [2.75, 3.05) is 13.1 Å². The van der Waals surface area contributed by atoms with Crippen LogP contribution in [0.4, 0.5) is 0 Å². The van der Waals surface area contributed by atoms with Crippen molar-refractivity contribution < 1.29 is 8.42 Å². The Balaban J connectivity index is 2.09. The van der Waals surface area contributed by atoms with Crippen molar-refractivity contribution in [1.82, 2.24) is 10.0 Å². The molecule has 2 rings (SSSR count). The number of hydrogen-bond acceptors (Lipinski definition) is 4. The SMILES string of the molecule is CCNCc1scc(C)c1S(=O)(=O)NCC(C)C1CC1. The third-order valence-corrected chi connectivity index (χ3v) is 6.70. The van der Waals surface area contributed by atoms with Gasteiger partial charge in [0.2, 0.25) is 10.0 Å². The number of hydrogen-bond donors (Lipinski definition) is 2. The zero-order valence-electron chi connectivity index (χ0n) is 12.4. The summed E-state index contributed by atoms with van der Waals surface area (Å²) >= 11 is 1.51. The highest BCUT2D eigenvalue weighted by Gasteiger charge is 2.30. The number of sulfonamides is 1. The lowest BCUT2D eigenvalue weighted by molar-refractivity contribution is 0.491. The Kier molecular flexibility index (Phi) is 5.23. The van der Waals surface area contributed by atoms with Gasteiger partial charge in [0.05, 0.1) is 0 Å². The summed E-state index contributed by atoms with van der Waals surface area (Å²) < 4.78 is 27.8. The molecule has 0 radical (unpaired) electrons. The highest BCUT2D eigenvalue weighted by Crippen LogP contribution is 2.36. The molecule has 0 amide bonds. The van der Waals surface area contributed by atoms with E-state index < -0.39 is 10.0 Å². The molecule has 1 aromatic heterocycles. The lowest BCUT2D eigenvalue weighted by Gasteiger charge is -2.13. The topological polar surface area (TPSA) is 58.2 Å². The van der Waals surface area contributed by atoms with Gasteiger partial charge < -0.3 is 5.32 Å². The molecular weight excluding hydrogens is 292 g/mol. The van der Waals surface area contributed by atoms with Crippen molar-refractivity contribution in [2.24, 2.45) is 11.8 Å². The minimum absolute atomic E-state index is 0.431. The Labute approximate surface area is 126 Å². The summed E-state index contributed by atoms with van der Waals surface area (Å²) in [5.41, 5.74) is 0.842. The van der Waals surface area contributed by atoms with Crippen molar-refractivity contribution >= 4 is 21.4 Å². The van der Waals surface area contributed by atoms with Crippen molar-refractivity contribution in [3.05, 3.63) is 15.8 Å². The third-order valence-electron chi connectivity index (χ3n) is 3.82. The van der Waals surface area contributed by atoms with E-state index in [4.69, 9.17) is 0 Å². The van der Waals surface area contributed by atoms with E-state index in [2.05, 4.69) is 17.0 Å². The van der Waals surface area contributed by atoms with Gasteiger partial charge in [-0.2, -0.15) is 0 Å². The van der Waals surface area contributed by atoms with Crippen LogP contribution in [0.25, 0.3) is 0 Å². The van der Waals surface area contributed by atoms with Gasteiger partial charge in [-0.05, 0) is 49.1 Å². The molecule has 2 N–H and O–H groups in total. The number of aryl methyl sites for hydroxylation is 1. The van der Waals surface area contributed by atoms with E-state index in [-0.39, 0.29) is 0 Å². The molecule has 1 aliphatic rings. The molecule has 1 unspecified atom stereocenters. The minimum Gasteiger partial charge on any atom is -0.312 e. The maximum Gasteiger partial charge on any atom is 0.241 e. The normalized spacial score (nSPS) is 17.4. The van der Waals surface area contributed by atoms with Gasteiger partial charge in [-0.25, -0.2) is 13.1 Å². The first kappa shape index (κ1) is 15.9. The predicted molar refractivity (Wildman–Crippen MR) is 83.5 cm³/mol. The highest BCUT2D eigenvalue weighted by molar-refractivity contribution is 7.89. The van der Waals surface area contributed by atoms with Crippen LogP contribution in [0.15, 0.2) is 10.3 Å². The molecule has 1 heterocycles. The van der Waals surface area contributed by atoms with E-state index in [0.717, 1.165) is 17.0 Å². The van der Waals surface area contributed by atoms with Gasteiger partial charge in [-0.15, -0.1) is 11.3 Å². The minimum atomic E-state index is -3.39. The average molecular weight is 316 g/mol. The second-order valence-corrected chi connectivity index (χ2v) is 8.29. The largest absolute Gasteiger partial charge is 0.312 e. The van der Waals surface area contributed by atoms with Crippen LogP contribution in [0.1, 0.15) is 37.1 Å². The number of thiophene rings is 1. The van der Waals surface area contributed by atoms with Gasteiger partial charge in [-0.1, -0.05) is 13.8 Å². The Morgan fingerprint density at radius 2 is 2.15 bits per heavy atom. The summed E-state index contributed by atoms with van der Waals surface area (Å²) in [4.78, 5) is 1.38. The maximum atomic E-state index is 12.5. The van der Waals surface area contributed by atoms with E-state index in [1.807, 2.05) is 19.2 Å². The molecule has 1 aromatic rings. The van der Waals surface area contributed by atoms with Crippen LogP contribution in [-0.4, -0.2) is 21.5 Å². The standard InChI is InChI=1S/C14H24N2O2S2/c1-4-15-8-13-14(11(3)9-19-13)20(17,18)16-7-10(2)12-5-6-12/h9-10,12,15-16H,4-8H2,1-3H3.